The van der Waals surface area contributed by atoms with Crippen LogP contribution in [-0.2, 0) is 17.8 Å². The van der Waals surface area contributed by atoms with E-state index in [4.69, 9.17) is 0 Å². The Morgan fingerprint density at radius 1 is 0.973 bits per heavy atom. The lowest BCUT2D eigenvalue weighted by Crippen LogP contribution is -2.32. The predicted octanol–water partition coefficient (Wildman–Crippen LogP) is 6.20. The molecule has 0 saturated heterocycles. The second kappa shape index (κ2) is 10.2. The Morgan fingerprint density at radius 3 is 2.41 bits per heavy atom. The molecule has 0 bridgehead atoms. The number of rotatable bonds is 9. The number of aliphatic carboxylic acids is 1. The number of fused-ring (bicyclic) bond motifs is 1. The number of benzene rings is 3. The zero-order valence-corrected chi connectivity index (χ0v) is 21.2. The van der Waals surface area contributed by atoms with E-state index in [2.05, 4.69) is 43.8 Å². The van der Waals surface area contributed by atoms with E-state index in [1.54, 1.807) is 0 Å². The SMILES string of the molecule is Cc1cc(C)c(NC(Cc2ccc(-c3c[nH]c(CNc4nc5ccccc5[nH]4)c3)cc2)C(=O)O)c(C)c1. The van der Waals surface area contributed by atoms with Gasteiger partial charge in [0, 0.05) is 24.0 Å². The highest BCUT2D eigenvalue weighted by atomic mass is 16.4. The summed E-state index contributed by atoms with van der Waals surface area (Å²) in [5, 5.41) is 16.4. The summed E-state index contributed by atoms with van der Waals surface area (Å²) in [6.07, 6.45) is 2.37. The number of nitrogens with zero attached hydrogens (tertiary/aromatic N) is 1. The van der Waals surface area contributed by atoms with E-state index < -0.39 is 12.0 Å². The number of aromatic nitrogens is 3. The van der Waals surface area contributed by atoms with Crippen molar-refractivity contribution in [3.8, 4) is 11.1 Å². The van der Waals surface area contributed by atoms with Crippen molar-refractivity contribution in [3.63, 3.8) is 0 Å². The van der Waals surface area contributed by atoms with Gasteiger partial charge in [-0.1, -0.05) is 54.1 Å². The van der Waals surface area contributed by atoms with Gasteiger partial charge in [-0.3, -0.25) is 0 Å². The maximum Gasteiger partial charge on any atom is 0.326 e. The Labute approximate surface area is 216 Å². The number of para-hydroxylation sites is 2. The first-order chi connectivity index (χ1) is 17.9. The average molecular weight is 494 g/mol. The summed E-state index contributed by atoms with van der Waals surface area (Å²) in [6, 6.07) is 21.5. The molecule has 0 amide bonds. The van der Waals surface area contributed by atoms with Crippen molar-refractivity contribution >= 4 is 28.6 Å². The third-order valence-corrected chi connectivity index (χ3v) is 6.60. The Balaban J connectivity index is 1.23. The fraction of sp³-hybridized carbons (Fsp3) is 0.200. The second-order valence-electron chi connectivity index (χ2n) is 9.58. The number of carboxylic acids is 1. The lowest BCUT2D eigenvalue weighted by molar-refractivity contribution is -0.137. The number of nitrogens with one attached hydrogen (secondary N) is 4. The standard InChI is InChI=1S/C30H31N5O2/c1-18-12-19(2)28(20(3)13-18)33-27(29(36)37)14-21-8-10-22(11-9-21)23-15-24(31-16-23)17-32-30-34-25-6-4-5-7-26(25)35-30/h4-13,15-16,27,31,33H,14,17H2,1-3H3,(H,36,37)(H2,32,34,35). The fourth-order valence-electron chi connectivity index (χ4n) is 4.78. The van der Waals surface area contributed by atoms with Crippen LogP contribution in [0.15, 0.2) is 72.9 Å². The molecule has 37 heavy (non-hydrogen) atoms. The summed E-state index contributed by atoms with van der Waals surface area (Å²) in [7, 11) is 0. The number of H-pyrrole nitrogens is 2. The normalized spacial score (nSPS) is 12.0. The molecular formula is C30H31N5O2. The molecule has 2 heterocycles. The van der Waals surface area contributed by atoms with Gasteiger partial charge in [-0.2, -0.15) is 0 Å². The molecular weight excluding hydrogens is 462 g/mol. The number of anilines is 2. The molecule has 0 aliphatic carbocycles. The lowest BCUT2D eigenvalue weighted by atomic mass is 10.00. The van der Waals surface area contributed by atoms with Crippen LogP contribution in [0.1, 0.15) is 27.9 Å². The highest BCUT2D eigenvalue weighted by molar-refractivity contribution is 5.79. The van der Waals surface area contributed by atoms with Crippen LogP contribution in [-0.4, -0.2) is 32.1 Å². The Kier molecular flexibility index (Phi) is 6.68. The van der Waals surface area contributed by atoms with Gasteiger partial charge in [0.05, 0.1) is 17.6 Å². The van der Waals surface area contributed by atoms with Crippen LogP contribution < -0.4 is 10.6 Å². The van der Waals surface area contributed by atoms with Crippen molar-refractivity contribution in [1.29, 1.82) is 0 Å². The average Bonchev–Trinajstić information content (AvgIpc) is 3.51. The molecule has 7 nitrogen and oxygen atoms in total. The molecule has 188 valence electrons. The van der Waals surface area contributed by atoms with E-state index in [1.165, 1.54) is 5.56 Å². The van der Waals surface area contributed by atoms with Crippen molar-refractivity contribution in [3.05, 3.63) is 101 Å². The van der Waals surface area contributed by atoms with Crippen LogP contribution in [0.2, 0.25) is 0 Å². The smallest absolute Gasteiger partial charge is 0.326 e. The summed E-state index contributed by atoms with van der Waals surface area (Å²) in [6.45, 7) is 6.67. The molecule has 0 aliphatic rings. The van der Waals surface area contributed by atoms with E-state index in [1.807, 2.05) is 75.5 Å². The molecule has 7 heteroatoms. The minimum atomic E-state index is -0.865. The van der Waals surface area contributed by atoms with Crippen molar-refractivity contribution in [1.82, 2.24) is 15.0 Å². The van der Waals surface area contributed by atoms with Gasteiger partial charge in [-0.25, -0.2) is 9.78 Å². The van der Waals surface area contributed by atoms with Gasteiger partial charge in [0.25, 0.3) is 0 Å². The van der Waals surface area contributed by atoms with E-state index in [-0.39, 0.29) is 0 Å². The Hall–Kier alpha value is -4.52. The third-order valence-electron chi connectivity index (χ3n) is 6.60. The molecule has 5 N–H and O–H groups in total. The van der Waals surface area contributed by atoms with E-state index in [0.717, 1.165) is 56.2 Å². The fourth-order valence-corrected chi connectivity index (χ4v) is 4.78. The number of carboxylic acid groups (broad SMARTS) is 1. The summed E-state index contributed by atoms with van der Waals surface area (Å²) >= 11 is 0. The largest absolute Gasteiger partial charge is 0.480 e. The summed E-state index contributed by atoms with van der Waals surface area (Å²) in [4.78, 5) is 23.2. The van der Waals surface area contributed by atoms with Crippen LogP contribution >= 0.6 is 0 Å². The molecule has 5 aromatic rings. The van der Waals surface area contributed by atoms with Crippen LogP contribution in [0.25, 0.3) is 22.2 Å². The zero-order chi connectivity index (χ0) is 25.9. The summed E-state index contributed by atoms with van der Waals surface area (Å²) in [5.41, 5.74) is 10.3. The number of imidazole rings is 1. The first-order valence-corrected chi connectivity index (χ1v) is 12.4. The first-order valence-electron chi connectivity index (χ1n) is 12.4. The number of aryl methyl sites for hydroxylation is 3. The van der Waals surface area contributed by atoms with E-state index >= 15 is 0 Å². The minimum Gasteiger partial charge on any atom is -0.480 e. The first kappa shape index (κ1) is 24.2. The molecule has 2 aromatic heterocycles. The Morgan fingerprint density at radius 2 is 1.70 bits per heavy atom. The summed E-state index contributed by atoms with van der Waals surface area (Å²) in [5.74, 6) is -0.130. The lowest BCUT2D eigenvalue weighted by Gasteiger charge is -2.20. The van der Waals surface area contributed by atoms with Crippen LogP contribution in [0.4, 0.5) is 11.6 Å². The van der Waals surface area contributed by atoms with Crippen LogP contribution in [0, 0.1) is 20.8 Å². The molecule has 0 radical (unpaired) electrons. The number of hydrogen-bond donors (Lipinski definition) is 5. The number of hydrogen-bond acceptors (Lipinski definition) is 4. The van der Waals surface area contributed by atoms with Crippen molar-refractivity contribution in [2.24, 2.45) is 0 Å². The monoisotopic (exact) mass is 493 g/mol. The molecule has 1 atom stereocenters. The van der Waals surface area contributed by atoms with Gasteiger partial charge in [-0.05, 0) is 66.8 Å². The maximum atomic E-state index is 12.0. The van der Waals surface area contributed by atoms with E-state index in [0.29, 0.717) is 13.0 Å². The quantitative estimate of drug-likeness (QED) is 0.168. The van der Waals surface area contributed by atoms with Crippen molar-refractivity contribution in [2.45, 2.75) is 39.8 Å². The highest BCUT2D eigenvalue weighted by Crippen LogP contribution is 2.25. The van der Waals surface area contributed by atoms with Crippen LogP contribution in [0.3, 0.4) is 0 Å². The maximum absolute atomic E-state index is 12.0. The number of aromatic amines is 2. The Bertz CT molecular complexity index is 1490. The minimum absolute atomic E-state index is 0.391. The molecule has 0 fully saturated rings. The van der Waals surface area contributed by atoms with Gasteiger partial charge in [0.2, 0.25) is 5.95 Å². The molecule has 5 rings (SSSR count). The predicted molar refractivity (Wildman–Crippen MR) is 149 cm³/mol. The highest BCUT2D eigenvalue weighted by Gasteiger charge is 2.20. The van der Waals surface area contributed by atoms with E-state index in [9.17, 15) is 9.90 Å². The topological polar surface area (TPSA) is 106 Å². The molecule has 0 spiro atoms. The van der Waals surface area contributed by atoms with Gasteiger partial charge in [-0.15, -0.1) is 0 Å². The van der Waals surface area contributed by atoms with Gasteiger partial charge >= 0.3 is 5.97 Å². The molecule has 0 saturated carbocycles. The molecule has 0 aliphatic heterocycles. The van der Waals surface area contributed by atoms with Crippen molar-refractivity contribution < 1.29 is 9.90 Å². The van der Waals surface area contributed by atoms with Crippen LogP contribution in [0.5, 0.6) is 0 Å². The molecule has 1 unspecified atom stereocenters. The molecule has 3 aromatic carbocycles. The van der Waals surface area contributed by atoms with Crippen molar-refractivity contribution in [2.75, 3.05) is 10.6 Å². The third kappa shape index (κ3) is 5.51. The number of carbonyl (C=O) groups is 1. The van der Waals surface area contributed by atoms with Gasteiger partial charge in [0.15, 0.2) is 0 Å². The summed E-state index contributed by atoms with van der Waals surface area (Å²) < 4.78 is 0. The zero-order valence-electron chi connectivity index (χ0n) is 21.2. The van der Waals surface area contributed by atoms with Gasteiger partial charge in [0.1, 0.15) is 6.04 Å². The van der Waals surface area contributed by atoms with Gasteiger partial charge < -0.3 is 25.7 Å². The second-order valence-corrected chi connectivity index (χ2v) is 9.58.